The molecular formula is C19H37N3O3. The average molecular weight is 356 g/mol. The molecule has 0 aliphatic heterocycles. The van der Waals surface area contributed by atoms with Crippen molar-refractivity contribution in [2.45, 2.75) is 70.5 Å². The van der Waals surface area contributed by atoms with E-state index >= 15 is 0 Å². The maximum atomic E-state index is 9.96. The lowest BCUT2D eigenvalue weighted by Gasteiger charge is -2.17. The van der Waals surface area contributed by atoms with Crippen molar-refractivity contribution >= 4 is 5.96 Å². The summed E-state index contributed by atoms with van der Waals surface area (Å²) in [5, 5.41) is 16.4. The van der Waals surface area contributed by atoms with E-state index in [1.807, 2.05) is 6.92 Å². The Morgan fingerprint density at radius 3 is 2.56 bits per heavy atom. The number of aliphatic imine (C=N–C) groups is 1. The molecule has 2 aliphatic rings. The summed E-state index contributed by atoms with van der Waals surface area (Å²) < 4.78 is 11.5. The Bertz CT molecular complexity index is 367. The first-order chi connectivity index (χ1) is 12.3. The number of nitrogens with zero attached hydrogens (tertiary/aromatic N) is 1. The Hall–Kier alpha value is -0.850. The van der Waals surface area contributed by atoms with E-state index in [0.717, 1.165) is 31.6 Å². The second kappa shape index (κ2) is 12.5. The highest BCUT2D eigenvalue weighted by atomic mass is 16.5. The normalized spacial score (nSPS) is 21.0. The number of rotatable bonds is 11. The summed E-state index contributed by atoms with van der Waals surface area (Å²) in [4.78, 5) is 4.43. The highest BCUT2D eigenvalue weighted by Crippen LogP contribution is 2.28. The summed E-state index contributed by atoms with van der Waals surface area (Å²) in [6, 6.07) is 0. The predicted molar refractivity (Wildman–Crippen MR) is 101 cm³/mol. The van der Waals surface area contributed by atoms with Crippen LogP contribution in [0.1, 0.15) is 58.3 Å². The first-order valence-corrected chi connectivity index (χ1v) is 10.2. The number of hydrogen-bond donors (Lipinski definition) is 3. The summed E-state index contributed by atoms with van der Waals surface area (Å²) in [7, 11) is 0. The maximum Gasteiger partial charge on any atom is 0.191 e. The van der Waals surface area contributed by atoms with E-state index in [1.165, 1.54) is 51.4 Å². The van der Waals surface area contributed by atoms with Gasteiger partial charge in [0.25, 0.3) is 0 Å². The number of ether oxygens (including phenoxy) is 2. The molecule has 1 unspecified atom stereocenters. The molecule has 0 bridgehead atoms. The minimum atomic E-state index is -0.545. The van der Waals surface area contributed by atoms with Crippen LogP contribution in [0.25, 0.3) is 0 Å². The molecule has 0 aromatic rings. The lowest BCUT2D eigenvalue weighted by molar-refractivity contribution is 0.0368. The van der Waals surface area contributed by atoms with Crippen molar-refractivity contribution in [2.24, 2.45) is 10.9 Å². The summed E-state index contributed by atoms with van der Waals surface area (Å²) >= 11 is 0. The summed E-state index contributed by atoms with van der Waals surface area (Å²) in [5.41, 5.74) is 0. The van der Waals surface area contributed by atoms with Gasteiger partial charge in [0.05, 0.1) is 32.0 Å². The van der Waals surface area contributed by atoms with Crippen LogP contribution in [0.5, 0.6) is 0 Å². The van der Waals surface area contributed by atoms with Crippen LogP contribution >= 0.6 is 0 Å². The number of aliphatic hydroxyl groups is 1. The van der Waals surface area contributed by atoms with E-state index < -0.39 is 6.10 Å². The monoisotopic (exact) mass is 355 g/mol. The summed E-state index contributed by atoms with van der Waals surface area (Å²) in [6.07, 6.45) is 10.1. The van der Waals surface area contributed by atoms with Crippen LogP contribution in [0.4, 0.5) is 0 Å². The van der Waals surface area contributed by atoms with E-state index in [1.54, 1.807) is 0 Å². The zero-order chi connectivity index (χ0) is 17.7. The topological polar surface area (TPSA) is 75.1 Å². The van der Waals surface area contributed by atoms with Gasteiger partial charge in [0.1, 0.15) is 0 Å². The van der Waals surface area contributed by atoms with Crippen LogP contribution in [-0.2, 0) is 9.47 Å². The number of aliphatic hydroxyl groups excluding tert-OH is 1. The highest BCUT2D eigenvalue weighted by molar-refractivity contribution is 5.79. The van der Waals surface area contributed by atoms with Crippen LogP contribution in [0.15, 0.2) is 4.99 Å². The van der Waals surface area contributed by atoms with Gasteiger partial charge in [-0.25, -0.2) is 0 Å². The third kappa shape index (κ3) is 10.0. The van der Waals surface area contributed by atoms with E-state index in [0.29, 0.717) is 25.9 Å². The minimum absolute atomic E-state index is 0.351. The fourth-order valence-corrected chi connectivity index (χ4v) is 3.05. The number of guanidine groups is 1. The van der Waals surface area contributed by atoms with E-state index in [4.69, 9.17) is 9.47 Å². The Labute approximate surface area is 152 Å². The molecule has 6 heteroatoms. The van der Waals surface area contributed by atoms with Crippen molar-refractivity contribution in [2.75, 3.05) is 39.5 Å². The molecule has 0 amide bonds. The van der Waals surface area contributed by atoms with Crippen LogP contribution < -0.4 is 10.6 Å². The molecular weight excluding hydrogens is 318 g/mol. The van der Waals surface area contributed by atoms with Gasteiger partial charge in [0.15, 0.2) is 5.96 Å². The van der Waals surface area contributed by atoms with Crippen molar-refractivity contribution in [3.8, 4) is 0 Å². The van der Waals surface area contributed by atoms with Gasteiger partial charge in [-0.15, -0.1) is 0 Å². The number of hydrogen-bond acceptors (Lipinski definition) is 4. The first-order valence-electron chi connectivity index (χ1n) is 10.2. The van der Waals surface area contributed by atoms with Gasteiger partial charge in [-0.1, -0.05) is 25.7 Å². The first kappa shape index (κ1) is 20.5. The molecule has 2 rings (SSSR count). The molecule has 3 N–H and O–H groups in total. The van der Waals surface area contributed by atoms with Gasteiger partial charge in [-0.2, -0.15) is 0 Å². The van der Waals surface area contributed by atoms with Gasteiger partial charge < -0.3 is 25.2 Å². The van der Waals surface area contributed by atoms with Crippen molar-refractivity contribution in [1.82, 2.24) is 10.6 Å². The fourth-order valence-electron chi connectivity index (χ4n) is 3.05. The molecule has 6 nitrogen and oxygen atoms in total. The maximum absolute atomic E-state index is 9.96. The van der Waals surface area contributed by atoms with Crippen molar-refractivity contribution in [1.29, 1.82) is 0 Å². The molecule has 0 radical (unpaired) electrons. The molecule has 1 atom stereocenters. The lowest BCUT2D eigenvalue weighted by atomic mass is 10.1. The molecule has 0 saturated heterocycles. The second-order valence-electron chi connectivity index (χ2n) is 7.27. The molecule has 0 spiro atoms. The van der Waals surface area contributed by atoms with E-state index in [9.17, 15) is 5.11 Å². The third-order valence-corrected chi connectivity index (χ3v) is 4.72. The number of nitrogens with one attached hydrogen (secondary N) is 2. The molecule has 0 aromatic carbocycles. The van der Waals surface area contributed by atoms with Gasteiger partial charge in [-0.3, -0.25) is 4.99 Å². The SMILES string of the molecule is CCNC(=NCC(O)COCC1CC1)NCCOC1CCCCCC1. The molecule has 2 saturated carbocycles. The standard InChI is InChI=1S/C19H37N3O3/c1-2-20-19(22-13-17(23)15-24-14-16-9-10-16)21-11-12-25-18-7-5-3-4-6-8-18/h16-18,23H,2-15H2,1H3,(H2,20,21,22). The van der Waals surface area contributed by atoms with Gasteiger partial charge in [0, 0.05) is 19.7 Å². The van der Waals surface area contributed by atoms with E-state index in [2.05, 4.69) is 15.6 Å². The van der Waals surface area contributed by atoms with Crippen LogP contribution in [0.2, 0.25) is 0 Å². The molecule has 2 fully saturated rings. The predicted octanol–water partition coefficient (Wildman–Crippen LogP) is 2.07. The van der Waals surface area contributed by atoms with Gasteiger partial charge in [0.2, 0.25) is 0 Å². The molecule has 0 heterocycles. The summed E-state index contributed by atoms with van der Waals surface area (Å²) in [5.74, 6) is 1.45. The Morgan fingerprint density at radius 1 is 1.12 bits per heavy atom. The third-order valence-electron chi connectivity index (χ3n) is 4.72. The van der Waals surface area contributed by atoms with Crippen molar-refractivity contribution < 1.29 is 14.6 Å². The van der Waals surface area contributed by atoms with Gasteiger partial charge >= 0.3 is 0 Å². The van der Waals surface area contributed by atoms with Crippen molar-refractivity contribution in [3.05, 3.63) is 0 Å². The molecule has 146 valence electrons. The highest BCUT2D eigenvalue weighted by Gasteiger charge is 2.21. The molecule has 0 aromatic heterocycles. The zero-order valence-electron chi connectivity index (χ0n) is 15.8. The molecule has 2 aliphatic carbocycles. The van der Waals surface area contributed by atoms with Crippen molar-refractivity contribution in [3.63, 3.8) is 0 Å². The van der Waals surface area contributed by atoms with E-state index in [-0.39, 0.29) is 0 Å². The van der Waals surface area contributed by atoms with Gasteiger partial charge in [-0.05, 0) is 38.5 Å². The van der Waals surface area contributed by atoms with Crippen LogP contribution in [0, 0.1) is 5.92 Å². The minimum Gasteiger partial charge on any atom is -0.389 e. The smallest absolute Gasteiger partial charge is 0.191 e. The molecule has 25 heavy (non-hydrogen) atoms. The zero-order valence-corrected chi connectivity index (χ0v) is 15.8. The van der Waals surface area contributed by atoms with Crippen LogP contribution in [-0.4, -0.2) is 62.7 Å². The Balaban J connectivity index is 1.57. The lowest BCUT2D eigenvalue weighted by Crippen LogP contribution is -2.40. The fraction of sp³-hybridized carbons (Fsp3) is 0.947. The Morgan fingerprint density at radius 2 is 1.88 bits per heavy atom. The summed E-state index contributed by atoms with van der Waals surface area (Å²) in [6.45, 7) is 5.75. The second-order valence-corrected chi connectivity index (χ2v) is 7.27. The van der Waals surface area contributed by atoms with Crippen LogP contribution in [0.3, 0.4) is 0 Å². The average Bonchev–Trinajstić information content (AvgIpc) is 3.44. The Kier molecular flexibility index (Phi) is 10.2. The largest absolute Gasteiger partial charge is 0.389 e. The quantitative estimate of drug-likeness (QED) is 0.229.